The lowest BCUT2D eigenvalue weighted by atomic mass is 9.89. The fourth-order valence-corrected chi connectivity index (χ4v) is 3.27. The number of carbonyl (C=O) groups is 1. The Morgan fingerprint density at radius 1 is 1.10 bits per heavy atom. The number of rotatable bonds is 4. The standard InChI is InChI=1S/C16H23NO2S/c1-16(2,17-11-5-4-6-12-17)15(18)13-7-9-14(10-8-13)20(3)19/h7-10H,4-6,11-12H2,1-3H3. The van der Waals surface area contributed by atoms with Gasteiger partial charge >= 0.3 is 0 Å². The second-order valence-electron chi connectivity index (χ2n) is 5.91. The van der Waals surface area contributed by atoms with E-state index in [1.165, 1.54) is 19.3 Å². The minimum Gasteiger partial charge on any atom is -0.292 e. The minimum atomic E-state index is -0.998. The molecular formula is C16H23NO2S. The van der Waals surface area contributed by atoms with Crippen LogP contribution in [0.1, 0.15) is 43.5 Å². The van der Waals surface area contributed by atoms with Crippen LogP contribution in [0.2, 0.25) is 0 Å². The monoisotopic (exact) mass is 293 g/mol. The average Bonchev–Trinajstić information content (AvgIpc) is 2.47. The van der Waals surface area contributed by atoms with E-state index in [1.54, 1.807) is 30.5 Å². The molecule has 1 unspecified atom stereocenters. The van der Waals surface area contributed by atoms with E-state index in [1.807, 2.05) is 13.8 Å². The van der Waals surface area contributed by atoms with E-state index in [2.05, 4.69) is 4.90 Å². The van der Waals surface area contributed by atoms with Gasteiger partial charge in [0, 0.05) is 27.5 Å². The van der Waals surface area contributed by atoms with E-state index in [9.17, 15) is 9.00 Å². The van der Waals surface area contributed by atoms with Crippen molar-refractivity contribution in [2.45, 2.75) is 43.5 Å². The zero-order chi connectivity index (χ0) is 14.8. The Balaban J connectivity index is 2.18. The third kappa shape index (κ3) is 3.18. The molecule has 1 heterocycles. The van der Waals surface area contributed by atoms with Crippen molar-refractivity contribution in [3.63, 3.8) is 0 Å². The van der Waals surface area contributed by atoms with Gasteiger partial charge in [-0.2, -0.15) is 0 Å². The van der Waals surface area contributed by atoms with Gasteiger partial charge < -0.3 is 0 Å². The number of likely N-dealkylation sites (tertiary alicyclic amines) is 1. The van der Waals surface area contributed by atoms with Crippen LogP contribution in [0.25, 0.3) is 0 Å². The molecule has 0 N–H and O–H groups in total. The molecule has 0 aromatic heterocycles. The molecule has 0 aliphatic carbocycles. The Hall–Kier alpha value is -1.00. The van der Waals surface area contributed by atoms with Gasteiger partial charge in [-0.25, -0.2) is 0 Å². The number of Topliss-reactive ketones (excluding diaryl/α,β-unsaturated/α-hetero) is 1. The minimum absolute atomic E-state index is 0.146. The average molecular weight is 293 g/mol. The van der Waals surface area contributed by atoms with Gasteiger partial charge in [-0.1, -0.05) is 18.6 Å². The summed E-state index contributed by atoms with van der Waals surface area (Å²) in [6.07, 6.45) is 5.25. The summed E-state index contributed by atoms with van der Waals surface area (Å²) in [5.74, 6) is 0.146. The van der Waals surface area contributed by atoms with Gasteiger partial charge in [0.1, 0.15) is 0 Å². The SMILES string of the molecule is CS(=O)c1ccc(C(=O)C(C)(C)N2CCCCC2)cc1. The van der Waals surface area contributed by atoms with Gasteiger partial charge in [0.05, 0.1) is 5.54 Å². The maximum absolute atomic E-state index is 12.7. The summed E-state index contributed by atoms with van der Waals surface area (Å²) in [5, 5.41) is 0. The maximum atomic E-state index is 12.7. The molecule has 4 heteroatoms. The highest BCUT2D eigenvalue weighted by Crippen LogP contribution is 2.25. The number of ketones is 1. The third-order valence-electron chi connectivity index (χ3n) is 4.15. The van der Waals surface area contributed by atoms with Crippen LogP contribution >= 0.6 is 0 Å². The second kappa shape index (κ2) is 6.19. The van der Waals surface area contributed by atoms with Crippen molar-refractivity contribution in [1.82, 2.24) is 4.90 Å². The molecule has 1 fully saturated rings. The molecule has 1 saturated heterocycles. The summed E-state index contributed by atoms with van der Waals surface area (Å²) in [6.45, 7) is 6.00. The Kier molecular flexibility index (Phi) is 4.76. The van der Waals surface area contributed by atoms with Gasteiger partial charge in [0.25, 0.3) is 0 Å². The maximum Gasteiger partial charge on any atom is 0.182 e. The quantitative estimate of drug-likeness (QED) is 0.801. The van der Waals surface area contributed by atoms with Crippen LogP contribution in [-0.4, -0.2) is 39.8 Å². The number of benzene rings is 1. The molecule has 0 spiro atoms. The van der Waals surface area contributed by atoms with Gasteiger partial charge in [-0.05, 0) is 51.9 Å². The highest BCUT2D eigenvalue weighted by Gasteiger charge is 2.35. The first-order valence-electron chi connectivity index (χ1n) is 7.16. The molecule has 1 aromatic rings. The third-order valence-corrected chi connectivity index (χ3v) is 5.09. The number of nitrogens with zero attached hydrogens (tertiary/aromatic N) is 1. The van der Waals surface area contributed by atoms with E-state index in [-0.39, 0.29) is 5.78 Å². The van der Waals surface area contributed by atoms with Crippen molar-refractivity contribution in [2.75, 3.05) is 19.3 Å². The molecule has 0 saturated carbocycles. The van der Waals surface area contributed by atoms with Gasteiger partial charge in [0.15, 0.2) is 5.78 Å². The predicted octanol–water partition coefficient (Wildman–Crippen LogP) is 2.87. The fourth-order valence-electron chi connectivity index (χ4n) is 2.75. The smallest absolute Gasteiger partial charge is 0.182 e. The molecule has 0 radical (unpaired) electrons. The normalized spacial score (nSPS) is 18.8. The van der Waals surface area contributed by atoms with Crippen LogP contribution in [0, 0.1) is 0 Å². The largest absolute Gasteiger partial charge is 0.292 e. The summed E-state index contributed by atoms with van der Waals surface area (Å²) in [6, 6.07) is 7.17. The first-order chi connectivity index (χ1) is 9.43. The molecule has 1 aliphatic heterocycles. The van der Waals surface area contributed by atoms with E-state index in [4.69, 9.17) is 0 Å². The van der Waals surface area contributed by atoms with Crippen molar-refractivity contribution >= 4 is 16.6 Å². The summed E-state index contributed by atoms with van der Waals surface area (Å²) in [5.41, 5.74) is 0.239. The first-order valence-corrected chi connectivity index (χ1v) is 8.72. The van der Waals surface area contributed by atoms with Crippen LogP contribution in [-0.2, 0) is 10.8 Å². The number of piperidine rings is 1. The van der Waals surface area contributed by atoms with Crippen molar-refractivity contribution < 1.29 is 9.00 Å². The van der Waals surface area contributed by atoms with E-state index in [0.717, 1.165) is 18.0 Å². The highest BCUT2D eigenvalue weighted by molar-refractivity contribution is 7.84. The summed E-state index contributed by atoms with van der Waals surface area (Å²) < 4.78 is 11.4. The summed E-state index contributed by atoms with van der Waals surface area (Å²) in [7, 11) is -0.998. The van der Waals surface area contributed by atoms with E-state index in [0.29, 0.717) is 5.56 Å². The zero-order valence-corrected chi connectivity index (χ0v) is 13.3. The molecule has 0 bridgehead atoms. The molecule has 1 aromatic carbocycles. The molecular weight excluding hydrogens is 270 g/mol. The van der Waals surface area contributed by atoms with Crippen LogP contribution < -0.4 is 0 Å². The highest BCUT2D eigenvalue weighted by atomic mass is 32.2. The Morgan fingerprint density at radius 3 is 2.15 bits per heavy atom. The van der Waals surface area contributed by atoms with Gasteiger partial charge in [0.2, 0.25) is 0 Å². The van der Waals surface area contributed by atoms with Crippen molar-refractivity contribution in [3.8, 4) is 0 Å². The molecule has 1 atom stereocenters. The van der Waals surface area contributed by atoms with Crippen LogP contribution in [0.3, 0.4) is 0 Å². The molecule has 3 nitrogen and oxygen atoms in total. The van der Waals surface area contributed by atoms with Crippen LogP contribution in [0.5, 0.6) is 0 Å². The van der Waals surface area contributed by atoms with Crippen molar-refractivity contribution in [2.24, 2.45) is 0 Å². The summed E-state index contributed by atoms with van der Waals surface area (Å²) in [4.78, 5) is 15.8. The predicted molar refractivity (Wildman–Crippen MR) is 82.6 cm³/mol. The Morgan fingerprint density at radius 2 is 1.65 bits per heavy atom. The topological polar surface area (TPSA) is 37.4 Å². The second-order valence-corrected chi connectivity index (χ2v) is 7.29. The van der Waals surface area contributed by atoms with Crippen LogP contribution in [0.15, 0.2) is 29.2 Å². The van der Waals surface area contributed by atoms with E-state index >= 15 is 0 Å². The molecule has 110 valence electrons. The number of hydrogen-bond acceptors (Lipinski definition) is 3. The molecule has 0 amide bonds. The fraction of sp³-hybridized carbons (Fsp3) is 0.562. The van der Waals surface area contributed by atoms with Crippen molar-refractivity contribution in [1.29, 1.82) is 0 Å². The molecule has 20 heavy (non-hydrogen) atoms. The van der Waals surface area contributed by atoms with Gasteiger partial charge in [-0.3, -0.25) is 13.9 Å². The zero-order valence-electron chi connectivity index (χ0n) is 12.5. The van der Waals surface area contributed by atoms with E-state index < -0.39 is 16.3 Å². The van der Waals surface area contributed by atoms with Gasteiger partial charge in [-0.15, -0.1) is 0 Å². The Bertz CT molecular complexity index is 502. The van der Waals surface area contributed by atoms with Crippen LogP contribution in [0.4, 0.5) is 0 Å². The molecule has 1 aliphatic rings. The Labute approximate surface area is 123 Å². The molecule has 2 rings (SSSR count). The lowest BCUT2D eigenvalue weighted by Gasteiger charge is -2.39. The van der Waals surface area contributed by atoms with Crippen molar-refractivity contribution in [3.05, 3.63) is 29.8 Å². The first kappa shape index (κ1) is 15.4. The number of carbonyl (C=O) groups excluding carboxylic acids is 1. The lowest BCUT2D eigenvalue weighted by molar-refractivity contribution is 0.0579. The summed E-state index contributed by atoms with van der Waals surface area (Å²) >= 11 is 0. The number of hydrogen-bond donors (Lipinski definition) is 0. The lowest BCUT2D eigenvalue weighted by Crippen LogP contribution is -2.52.